The average molecular weight is 298 g/mol. The van der Waals surface area contributed by atoms with Gasteiger partial charge in [0.2, 0.25) is 0 Å². The summed E-state index contributed by atoms with van der Waals surface area (Å²) < 4.78 is 0. The van der Waals surface area contributed by atoms with Gasteiger partial charge >= 0.3 is 0 Å². The highest BCUT2D eigenvalue weighted by Crippen LogP contribution is 2.35. The zero-order chi connectivity index (χ0) is 15.1. The van der Waals surface area contributed by atoms with Crippen LogP contribution in [0.25, 0.3) is 10.9 Å². The number of carbonyl (C=O) groups excluding carboxylic acids is 1. The second-order valence-electron chi connectivity index (χ2n) is 6.25. The third-order valence-corrected chi connectivity index (χ3v) is 4.82. The van der Waals surface area contributed by atoms with Crippen molar-refractivity contribution in [3.63, 3.8) is 0 Å². The van der Waals surface area contributed by atoms with Crippen LogP contribution in [0.2, 0.25) is 0 Å². The van der Waals surface area contributed by atoms with Crippen LogP contribution < -0.4 is 10.2 Å². The number of rotatable bonds is 1. The Kier molecular flexibility index (Phi) is 3.30. The van der Waals surface area contributed by atoms with E-state index in [-0.39, 0.29) is 5.91 Å². The summed E-state index contributed by atoms with van der Waals surface area (Å²) in [6.45, 7) is 4.42. The lowest BCUT2D eigenvalue weighted by molar-refractivity contribution is 0.0737. The van der Waals surface area contributed by atoms with Crippen molar-refractivity contribution in [1.82, 2.24) is 15.2 Å². The van der Waals surface area contributed by atoms with Gasteiger partial charge in [-0.1, -0.05) is 12.1 Å². The number of aryl methyl sites for hydroxylation is 1. The molecule has 0 bridgehead atoms. The molecule has 2 aromatic rings. The molecule has 0 unspecified atom stereocenters. The van der Waals surface area contributed by atoms with Crippen molar-refractivity contribution < 1.29 is 4.79 Å². The molecule has 0 aliphatic carbocycles. The Morgan fingerprint density at radius 2 is 2.00 bits per heavy atom. The van der Waals surface area contributed by atoms with E-state index in [2.05, 4.69) is 28.3 Å². The summed E-state index contributed by atoms with van der Waals surface area (Å²) in [5.41, 5.74) is 4.35. The maximum Gasteiger partial charge on any atom is 0.256 e. The summed E-state index contributed by atoms with van der Waals surface area (Å²) in [5, 5.41) is 4.47. The highest BCUT2D eigenvalue weighted by Gasteiger charge is 2.24. The number of H-pyrrole nitrogens is 1. The first-order valence-corrected chi connectivity index (χ1v) is 8.10. The van der Waals surface area contributed by atoms with Gasteiger partial charge in [-0.15, -0.1) is 0 Å². The lowest BCUT2D eigenvalue weighted by Gasteiger charge is -2.27. The first-order chi connectivity index (χ1) is 10.8. The molecule has 5 nitrogen and oxygen atoms in total. The molecule has 1 saturated heterocycles. The van der Waals surface area contributed by atoms with Crippen LogP contribution in [0.5, 0.6) is 0 Å². The minimum Gasteiger partial charge on any atom is -0.373 e. The molecule has 4 rings (SSSR count). The molecular weight excluding hydrogens is 276 g/mol. The molecule has 2 N–H and O–H groups in total. The number of hydrogen-bond donors (Lipinski definition) is 2. The lowest BCUT2D eigenvalue weighted by Crippen LogP contribution is -2.46. The molecule has 3 heterocycles. The van der Waals surface area contributed by atoms with Crippen LogP contribution in [0.3, 0.4) is 0 Å². The molecular formula is C17H22N4O. The number of fused-ring (bicyclic) bond motifs is 3. The number of carbonyl (C=O) groups is 1. The molecule has 2 aliphatic heterocycles. The van der Waals surface area contributed by atoms with Gasteiger partial charge in [-0.25, -0.2) is 0 Å². The zero-order valence-corrected chi connectivity index (χ0v) is 13.0. The Balaban J connectivity index is 1.80. The lowest BCUT2D eigenvalue weighted by atomic mass is 10.1. The quantitative estimate of drug-likeness (QED) is 0.841. The van der Waals surface area contributed by atoms with Crippen molar-refractivity contribution in [3.8, 4) is 0 Å². The third-order valence-electron chi connectivity index (χ3n) is 4.82. The van der Waals surface area contributed by atoms with Crippen LogP contribution in [0.1, 0.15) is 22.5 Å². The highest BCUT2D eigenvalue weighted by atomic mass is 16.2. The summed E-state index contributed by atoms with van der Waals surface area (Å²) in [4.78, 5) is 20.7. The Bertz CT molecular complexity index is 715. The smallest absolute Gasteiger partial charge is 0.256 e. The predicted octanol–water partition coefficient (Wildman–Crippen LogP) is 1.60. The minimum atomic E-state index is 0.147. The fourth-order valence-corrected chi connectivity index (χ4v) is 3.70. The van der Waals surface area contributed by atoms with E-state index in [0.29, 0.717) is 0 Å². The number of benzene rings is 1. The largest absolute Gasteiger partial charge is 0.373 e. The number of nitrogens with zero attached hydrogens (tertiary/aromatic N) is 2. The molecule has 0 radical (unpaired) electrons. The first-order valence-electron chi connectivity index (χ1n) is 8.10. The first kappa shape index (κ1) is 13.6. The second-order valence-corrected chi connectivity index (χ2v) is 6.25. The van der Waals surface area contributed by atoms with Crippen LogP contribution in [-0.2, 0) is 6.42 Å². The molecule has 0 atom stereocenters. The average Bonchev–Trinajstić information content (AvgIpc) is 2.95. The summed E-state index contributed by atoms with van der Waals surface area (Å²) in [7, 11) is 2.13. The molecule has 0 saturated carbocycles. The van der Waals surface area contributed by atoms with Crippen molar-refractivity contribution in [2.75, 3.05) is 44.7 Å². The molecule has 1 fully saturated rings. The van der Waals surface area contributed by atoms with Gasteiger partial charge in [0.15, 0.2) is 0 Å². The molecule has 2 aliphatic rings. The van der Waals surface area contributed by atoms with Crippen LogP contribution >= 0.6 is 0 Å². The van der Waals surface area contributed by atoms with E-state index >= 15 is 0 Å². The van der Waals surface area contributed by atoms with Crippen LogP contribution in [0, 0.1) is 0 Å². The Hall–Kier alpha value is -2.01. The highest BCUT2D eigenvalue weighted by molar-refractivity contribution is 6.09. The molecule has 1 aromatic carbocycles. The number of aromatic nitrogens is 1. The van der Waals surface area contributed by atoms with Gasteiger partial charge in [0.05, 0.1) is 16.8 Å². The fourth-order valence-electron chi connectivity index (χ4n) is 3.70. The minimum absolute atomic E-state index is 0.147. The van der Waals surface area contributed by atoms with Crippen LogP contribution in [-0.4, -0.2) is 55.6 Å². The number of hydrogen-bond acceptors (Lipinski definition) is 3. The Labute approximate surface area is 130 Å². The van der Waals surface area contributed by atoms with Gasteiger partial charge in [-0.05, 0) is 18.9 Å². The van der Waals surface area contributed by atoms with Crippen LogP contribution in [0.15, 0.2) is 18.2 Å². The van der Waals surface area contributed by atoms with Crippen molar-refractivity contribution >= 4 is 22.5 Å². The predicted molar refractivity (Wildman–Crippen MR) is 88.7 cm³/mol. The van der Waals surface area contributed by atoms with Crippen molar-refractivity contribution in [3.05, 3.63) is 29.5 Å². The maximum absolute atomic E-state index is 12.9. The molecule has 116 valence electrons. The molecule has 0 spiro atoms. The van der Waals surface area contributed by atoms with E-state index < -0.39 is 0 Å². The number of aromatic amines is 1. The number of anilines is 1. The fraction of sp³-hybridized carbons (Fsp3) is 0.471. The summed E-state index contributed by atoms with van der Waals surface area (Å²) in [5.74, 6) is 0.147. The van der Waals surface area contributed by atoms with Crippen molar-refractivity contribution in [1.29, 1.82) is 0 Å². The van der Waals surface area contributed by atoms with Gasteiger partial charge in [0.25, 0.3) is 5.91 Å². The molecule has 1 amide bonds. The number of amides is 1. The SMILES string of the molecule is CN1CCCc2[nH]c3c(C(=O)N4CCNCC4)cccc3c21. The number of para-hydroxylation sites is 1. The van der Waals surface area contributed by atoms with Gasteiger partial charge in [0, 0.05) is 50.9 Å². The third kappa shape index (κ3) is 2.08. The topological polar surface area (TPSA) is 51.4 Å². The van der Waals surface area contributed by atoms with Crippen LogP contribution in [0.4, 0.5) is 5.69 Å². The maximum atomic E-state index is 12.9. The van der Waals surface area contributed by atoms with Crippen molar-refractivity contribution in [2.24, 2.45) is 0 Å². The number of piperazine rings is 1. The van der Waals surface area contributed by atoms with Crippen molar-refractivity contribution in [2.45, 2.75) is 12.8 Å². The zero-order valence-electron chi connectivity index (χ0n) is 13.0. The second kappa shape index (κ2) is 5.32. The molecule has 1 aromatic heterocycles. The van der Waals surface area contributed by atoms with Gasteiger partial charge in [0.1, 0.15) is 0 Å². The normalized spacial score (nSPS) is 18.6. The summed E-state index contributed by atoms with van der Waals surface area (Å²) in [6, 6.07) is 6.09. The van der Waals surface area contributed by atoms with E-state index in [9.17, 15) is 4.79 Å². The van der Waals surface area contributed by atoms with E-state index in [1.165, 1.54) is 16.8 Å². The summed E-state index contributed by atoms with van der Waals surface area (Å²) in [6.07, 6.45) is 2.23. The number of nitrogens with one attached hydrogen (secondary N) is 2. The van der Waals surface area contributed by atoms with E-state index in [4.69, 9.17) is 0 Å². The van der Waals surface area contributed by atoms with Gasteiger partial charge in [-0.3, -0.25) is 4.79 Å². The van der Waals surface area contributed by atoms with Gasteiger partial charge in [-0.2, -0.15) is 0 Å². The Morgan fingerprint density at radius 3 is 2.82 bits per heavy atom. The monoisotopic (exact) mass is 298 g/mol. The Morgan fingerprint density at radius 1 is 1.18 bits per heavy atom. The van der Waals surface area contributed by atoms with E-state index in [1.54, 1.807) is 0 Å². The van der Waals surface area contributed by atoms with Gasteiger partial charge < -0.3 is 20.1 Å². The molecule has 22 heavy (non-hydrogen) atoms. The van der Waals surface area contributed by atoms with E-state index in [1.807, 2.05) is 17.0 Å². The molecule has 5 heteroatoms. The van der Waals surface area contributed by atoms with E-state index in [0.717, 1.165) is 56.6 Å². The summed E-state index contributed by atoms with van der Waals surface area (Å²) >= 11 is 0. The standard InChI is InChI=1S/C17H22N4O/c1-20-9-3-6-14-16(20)12-4-2-5-13(15(12)19-14)17(22)21-10-7-18-8-11-21/h2,4-5,18-19H,3,6-11H2,1H3.